The van der Waals surface area contributed by atoms with E-state index < -0.39 is 0 Å². The molecule has 0 aliphatic heterocycles. The second kappa shape index (κ2) is 8.02. The van der Waals surface area contributed by atoms with Crippen LogP contribution >= 0.6 is 0 Å². The molecule has 1 aromatic rings. The van der Waals surface area contributed by atoms with E-state index in [2.05, 4.69) is 37.2 Å². The van der Waals surface area contributed by atoms with Crippen molar-refractivity contribution in [1.82, 2.24) is 10.2 Å². The second-order valence-electron chi connectivity index (χ2n) is 5.00. The van der Waals surface area contributed by atoms with Crippen molar-refractivity contribution in [3.8, 4) is 11.5 Å². The number of likely N-dealkylation sites (N-methyl/N-ethyl adjacent to an activating group) is 1. The van der Waals surface area contributed by atoms with Crippen LogP contribution in [-0.2, 0) is 6.54 Å². The second-order valence-corrected chi connectivity index (χ2v) is 5.00. The highest BCUT2D eigenvalue weighted by Crippen LogP contribution is 2.31. The Morgan fingerprint density at radius 3 is 2.53 bits per heavy atom. The van der Waals surface area contributed by atoms with Gasteiger partial charge < -0.3 is 19.7 Å². The Kier molecular flexibility index (Phi) is 6.67. The molecule has 0 saturated heterocycles. The minimum atomic E-state index is 0.528. The summed E-state index contributed by atoms with van der Waals surface area (Å²) in [4.78, 5) is 2.27. The SMILES string of the molecule is COc1cccc(CN(C)CCNC(C)C)c1OC. The zero-order chi connectivity index (χ0) is 14.3. The molecule has 0 aromatic heterocycles. The molecule has 1 rings (SSSR count). The molecule has 4 heteroatoms. The Morgan fingerprint density at radius 2 is 1.95 bits per heavy atom. The largest absolute Gasteiger partial charge is 0.493 e. The molecule has 108 valence electrons. The molecular formula is C15H26N2O2. The number of nitrogens with zero attached hydrogens (tertiary/aromatic N) is 1. The Balaban J connectivity index is 2.60. The number of para-hydroxylation sites is 1. The molecule has 0 heterocycles. The van der Waals surface area contributed by atoms with E-state index in [-0.39, 0.29) is 0 Å². The van der Waals surface area contributed by atoms with E-state index >= 15 is 0 Å². The van der Waals surface area contributed by atoms with Crippen molar-refractivity contribution in [3.63, 3.8) is 0 Å². The summed E-state index contributed by atoms with van der Waals surface area (Å²) >= 11 is 0. The van der Waals surface area contributed by atoms with Gasteiger partial charge in [-0.1, -0.05) is 26.0 Å². The molecule has 4 nitrogen and oxygen atoms in total. The Bertz CT molecular complexity index is 380. The van der Waals surface area contributed by atoms with Crippen LogP contribution in [0.2, 0.25) is 0 Å². The molecule has 0 unspecified atom stereocenters. The fourth-order valence-electron chi connectivity index (χ4n) is 1.99. The molecule has 0 fully saturated rings. The minimum absolute atomic E-state index is 0.528. The first-order chi connectivity index (χ1) is 9.08. The van der Waals surface area contributed by atoms with E-state index in [1.165, 1.54) is 0 Å². The topological polar surface area (TPSA) is 33.7 Å². The van der Waals surface area contributed by atoms with E-state index in [1.807, 2.05) is 12.1 Å². The van der Waals surface area contributed by atoms with E-state index in [1.54, 1.807) is 14.2 Å². The zero-order valence-corrected chi connectivity index (χ0v) is 12.7. The molecule has 0 aliphatic carbocycles. The molecule has 0 aliphatic rings. The summed E-state index contributed by atoms with van der Waals surface area (Å²) in [5, 5.41) is 3.42. The summed E-state index contributed by atoms with van der Waals surface area (Å²) in [6, 6.07) is 6.52. The normalized spacial score (nSPS) is 11.1. The molecular weight excluding hydrogens is 240 g/mol. The number of nitrogens with one attached hydrogen (secondary N) is 1. The number of ether oxygens (including phenoxy) is 2. The molecule has 0 bridgehead atoms. The maximum Gasteiger partial charge on any atom is 0.165 e. The lowest BCUT2D eigenvalue weighted by Gasteiger charge is -2.20. The molecule has 0 atom stereocenters. The number of benzene rings is 1. The van der Waals surface area contributed by atoms with Crippen molar-refractivity contribution < 1.29 is 9.47 Å². The highest BCUT2D eigenvalue weighted by Gasteiger charge is 2.11. The first kappa shape index (κ1) is 15.8. The van der Waals surface area contributed by atoms with Crippen molar-refractivity contribution in [2.75, 3.05) is 34.4 Å². The van der Waals surface area contributed by atoms with Gasteiger partial charge in [0.2, 0.25) is 0 Å². The van der Waals surface area contributed by atoms with Crippen LogP contribution in [0, 0.1) is 0 Å². The van der Waals surface area contributed by atoms with Crippen LogP contribution in [0.4, 0.5) is 0 Å². The molecule has 0 amide bonds. The third-order valence-corrected chi connectivity index (χ3v) is 2.97. The molecule has 0 spiro atoms. The van der Waals surface area contributed by atoms with Crippen molar-refractivity contribution in [2.24, 2.45) is 0 Å². The monoisotopic (exact) mass is 266 g/mol. The fraction of sp³-hybridized carbons (Fsp3) is 0.600. The average Bonchev–Trinajstić information content (AvgIpc) is 2.37. The highest BCUT2D eigenvalue weighted by atomic mass is 16.5. The van der Waals surface area contributed by atoms with Crippen LogP contribution in [0.15, 0.2) is 18.2 Å². The summed E-state index contributed by atoms with van der Waals surface area (Å²) in [6.07, 6.45) is 0. The summed E-state index contributed by atoms with van der Waals surface area (Å²) in [5.41, 5.74) is 1.15. The molecule has 1 N–H and O–H groups in total. The van der Waals surface area contributed by atoms with Gasteiger partial charge >= 0.3 is 0 Å². The van der Waals surface area contributed by atoms with Crippen molar-refractivity contribution in [1.29, 1.82) is 0 Å². The maximum atomic E-state index is 5.44. The Labute approximate surface area is 116 Å². The summed E-state index contributed by atoms with van der Waals surface area (Å²) in [5.74, 6) is 1.61. The van der Waals surface area contributed by atoms with Gasteiger partial charge in [0.25, 0.3) is 0 Å². The van der Waals surface area contributed by atoms with Crippen LogP contribution in [0.1, 0.15) is 19.4 Å². The molecule has 19 heavy (non-hydrogen) atoms. The van der Waals surface area contributed by atoms with Crippen LogP contribution in [0.5, 0.6) is 11.5 Å². The zero-order valence-electron chi connectivity index (χ0n) is 12.7. The third-order valence-electron chi connectivity index (χ3n) is 2.97. The van der Waals surface area contributed by atoms with Crippen molar-refractivity contribution in [2.45, 2.75) is 26.4 Å². The van der Waals surface area contributed by atoms with Gasteiger partial charge in [-0.2, -0.15) is 0 Å². The quantitative estimate of drug-likeness (QED) is 0.781. The van der Waals surface area contributed by atoms with Crippen molar-refractivity contribution >= 4 is 0 Å². The number of hydrogen-bond donors (Lipinski definition) is 1. The Morgan fingerprint density at radius 1 is 1.21 bits per heavy atom. The van der Waals surface area contributed by atoms with E-state index in [9.17, 15) is 0 Å². The standard InChI is InChI=1S/C15H26N2O2/c1-12(2)16-9-10-17(3)11-13-7-6-8-14(18-4)15(13)19-5/h6-8,12,16H,9-11H2,1-5H3. The van der Waals surface area contributed by atoms with Gasteiger partial charge in [-0.15, -0.1) is 0 Å². The average molecular weight is 266 g/mol. The first-order valence-electron chi connectivity index (χ1n) is 6.70. The van der Waals surface area contributed by atoms with Crippen LogP contribution in [-0.4, -0.2) is 45.3 Å². The van der Waals surface area contributed by atoms with Gasteiger partial charge in [-0.3, -0.25) is 0 Å². The van der Waals surface area contributed by atoms with Gasteiger partial charge in [-0.25, -0.2) is 0 Å². The van der Waals surface area contributed by atoms with Crippen LogP contribution in [0.25, 0.3) is 0 Å². The van der Waals surface area contributed by atoms with Gasteiger partial charge in [0.15, 0.2) is 11.5 Å². The number of rotatable bonds is 8. The molecule has 1 aromatic carbocycles. The van der Waals surface area contributed by atoms with Crippen LogP contribution in [0.3, 0.4) is 0 Å². The fourth-order valence-corrected chi connectivity index (χ4v) is 1.99. The lowest BCUT2D eigenvalue weighted by molar-refractivity contribution is 0.305. The van der Waals surface area contributed by atoms with E-state index in [0.717, 1.165) is 36.7 Å². The van der Waals surface area contributed by atoms with Crippen molar-refractivity contribution in [3.05, 3.63) is 23.8 Å². The lowest BCUT2D eigenvalue weighted by atomic mass is 10.1. The van der Waals surface area contributed by atoms with E-state index in [4.69, 9.17) is 9.47 Å². The Hall–Kier alpha value is -1.26. The van der Waals surface area contributed by atoms with Gasteiger partial charge in [0.1, 0.15) is 0 Å². The highest BCUT2D eigenvalue weighted by molar-refractivity contribution is 5.46. The summed E-state index contributed by atoms with van der Waals surface area (Å²) < 4.78 is 10.8. The minimum Gasteiger partial charge on any atom is -0.493 e. The van der Waals surface area contributed by atoms with Crippen LogP contribution < -0.4 is 14.8 Å². The predicted octanol–water partition coefficient (Wildman–Crippen LogP) is 2.13. The third kappa shape index (κ3) is 5.09. The van der Waals surface area contributed by atoms with E-state index in [0.29, 0.717) is 6.04 Å². The van der Waals surface area contributed by atoms with Gasteiger partial charge in [0, 0.05) is 31.2 Å². The predicted molar refractivity (Wildman–Crippen MR) is 79.0 cm³/mol. The lowest BCUT2D eigenvalue weighted by Crippen LogP contribution is -2.32. The summed E-state index contributed by atoms with van der Waals surface area (Å²) in [6.45, 7) is 7.15. The van der Waals surface area contributed by atoms with Gasteiger partial charge in [-0.05, 0) is 13.1 Å². The molecule has 0 saturated carbocycles. The number of methoxy groups -OCH3 is 2. The maximum absolute atomic E-state index is 5.44. The van der Waals surface area contributed by atoms with Gasteiger partial charge in [0.05, 0.1) is 14.2 Å². The number of hydrogen-bond acceptors (Lipinski definition) is 4. The first-order valence-corrected chi connectivity index (χ1v) is 6.70. The molecule has 0 radical (unpaired) electrons. The smallest absolute Gasteiger partial charge is 0.165 e. The summed E-state index contributed by atoms with van der Waals surface area (Å²) in [7, 11) is 5.46.